The first-order chi connectivity index (χ1) is 15.3. The van der Waals surface area contributed by atoms with E-state index in [1.165, 1.54) is 92.7 Å². The van der Waals surface area contributed by atoms with Crippen LogP contribution >= 0.6 is 30.4 Å². The van der Waals surface area contributed by atoms with E-state index < -0.39 is 0 Å². The van der Waals surface area contributed by atoms with Crippen molar-refractivity contribution in [2.75, 3.05) is 0 Å². The Morgan fingerprint density at radius 3 is 2.50 bits per heavy atom. The van der Waals surface area contributed by atoms with E-state index in [9.17, 15) is 0 Å². The molecule has 186 valence electrons. The molecule has 0 aromatic heterocycles. The van der Waals surface area contributed by atoms with Crippen molar-refractivity contribution in [3.63, 3.8) is 0 Å². The van der Waals surface area contributed by atoms with Gasteiger partial charge in [0.2, 0.25) is 0 Å². The standard InChI is InChI=1S/C26H43IOS.C3H8/c1-18(2)7-5-6-8-19-10-12-23-22-11-9-20-17-21(28-29-27)13-15-26(20,4)24(22)14-16-25(19,23)3;1-3-2/h9,18-19,21-24H,5-8,10-17H2,1-4H3;3H2,1-2H3. The van der Waals surface area contributed by atoms with E-state index in [0.29, 0.717) is 16.9 Å². The summed E-state index contributed by atoms with van der Waals surface area (Å²) in [7, 11) is 1.53. The minimum Gasteiger partial charge on any atom is -0.302 e. The molecule has 0 bridgehead atoms. The maximum absolute atomic E-state index is 5.94. The first-order valence-electron chi connectivity index (χ1n) is 13.9. The molecule has 0 amide bonds. The number of allylic oxidation sites excluding steroid dienone is 1. The fraction of sp³-hybridized carbons (Fsp3) is 0.931. The summed E-state index contributed by atoms with van der Waals surface area (Å²) in [4.78, 5) is 0. The molecule has 0 saturated heterocycles. The van der Waals surface area contributed by atoms with Crippen molar-refractivity contribution in [3.8, 4) is 0 Å². The van der Waals surface area contributed by atoms with E-state index in [-0.39, 0.29) is 0 Å². The maximum Gasteiger partial charge on any atom is 0.0769 e. The Kier molecular flexibility index (Phi) is 10.4. The Hall–Kier alpha value is 0.780. The summed E-state index contributed by atoms with van der Waals surface area (Å²) in [6.07, 6.45) is 21.4. The molecule has 3 fully saturated rings. The predicted octanol–water partition coefficient (Wildman–Crippen LogP) is 10.6. The molecule has 3 heteroatoms. The van der Waals surface area contributed by atoms with Gasteiger partial charge in [0.1, 0.15) is 0 Å². The normalized spacial score (nSPS) is 40.6. The quantitative estimate of drug-likeness (QED) is 0.129. The smallest absolute Gasteiger partial charge is 0.0769 e. The number of fused-ring (bicyclic) bond motifs is 5. The van der Waals surface area contributed by atoms with Gasteiger partial charge < -0.3 is 4.18 Å². The van der Waals surface area contributed by atoms with Crippen LogP contribution in [0.4, 0.5) is 0 Å². The van der Waals surface area contributed by atoms with Crippen molar-refractivity contribution in [2.45, 2.75) is 131 Å². The van der Waals surface area contributed by atoms with Gasteiger partial charge in [0.25, 0.3) is 0 Å². The van der Waals surface area contributed by atoms with E-state index in [4.69, 9.17) is 4.18 Å². The summed E-state index contributed by atoms with van der Waals surface area (Å²) in [6, 6.07) is 0. The molecule has 3 saturated carbocycles. The highest BCUT2D eigenvalue weighted by molar-refractivity contribution is 14.2. The van der Waals surface area contributed by atoms with Crippen molar-refractivity contribution in [2.24, 2.45) is 40.4 Å². The van der Waals surface area contributed by atoms with Crippen LogP contribution in [0.15, 0.2) is 11.6 Å². The van der Waals surface area contributed by atoms with E-state index >= 15 is 0 Å². The Labute approximate surface area is 216 Å². The molecule has 32 heavy (non-hydrogen) atoms. The first-order valence-corrected chi connectivity index (χ1v) is 17.2. The minimum absolute atomic E-state index is 0.448. The molecule has 0 aromatic rings. The van der Waals surface area contributed by atoms with Crippen LogP contribution in [0.2, 0.25) is 0 Å². The van der Waals surface area contributed by atoms with Crippen LogP contribution < -0.4 is 0 Å². The zero-order valence-corrected chi connectivity index (χ0v) is 24.9. The molecule has 0 heterocycles. The SMILES string of the molecule is CC(C)CCCCC1CCC2C3CC=C4CC(OSI)CCC4(C)C3CCC12C.CCC. The van der Waals surface area contributed by atoms with Gasteiger partial charge in [-0.05, 0) is 98.2 Å². The molecule has 7 atom stereocenters. The third-order valence-electron chi connectivity index (χ3n) is 10.0. The Balaban J connectivity index is 0.000000913. The summed E-state index contributed by atoms with van der Waals surface area (Å²) >= 11 is 2.28. The molecule has 0 aromatic carbocycles. The second-order valence-corrected chi connectivity index (χ2v) is 13.9. The number of hydrogen-bond donors (Lipinski definition) is 0. The monoisotopic (exact) mass is 574 g/mol. The topological polar surface area (TPSA) is 9.23 Å². The molecule has 0 N–H and O–H groups in total. The van der Waals surface area contributed by atoms with Crippen molar-refractivity contribution in [1.29, 1.82) is 0 Å². The van der Waals surface area contributed by atoms with Crippen molar-refractivity contribution < 1.29 is 4.18 Å². The zero-order valence-electron chi connectivity index (χ0n) is 21.9. The largest absolute Gasteiger partial charge is 0.302 e. The van der Waals surface area contributed by atoms with Crippen molar-refractivity contribution in [3.05, 3.63) is 11.6 Å². The van der Waals surface area contributed by atoms with Gasteiger partial charge in [-0.3, -0.25) is 0 Å². The lowest BCUT2D eigenvalue weighted by molar-refractivity contribution is -0.0483. The van der Waals surface area contributed by atoms with Crippen LogP contribution in [-0.4, -0.2) is 6.10 Å². The maximum atomic E-state index is 5.94. The number of hydrogen-bond acceptors (Lipinski definition) is 2. The Morgan fingerprint density at radius 1 is 1.06 bits per heavy atom. The van der Waals surface area contributed by atoms with Gasteiger partial charge in [-0.15, -0.1) is 0 Å². The highest BCUT2D eigenvalue weighted by atomic mass is 127. The molecule has 1 nitrogen and oxygen atoms in total. The molecule has 7 unspecified atom stereocenters. The highest BCUT2D eigenvalue weighted by Crippen LogP contribution is 2.66. The average Bonchev–Trinajstić information content (AvgIpc) is 3.08. The van der Waals surface area contributed by atoms with Crippen molar-refractivity contribution in [1.82, 2.24) is 0 Å². The number of rotatable bonds is 7. The van der Waals surface area contributed by atoms with E-state index in [2.05, 4.69) is 68.8 Å². The van der Waals surface area contributed by atoms with E-state index in [0.717, 1.165) is 29.6 Å². The second kappa shape index (κ2) is 12.2. The summed E-state index contributed by atoms with van der Waals surface area (Å²) in [5.74, 6) is 4.76. The Bertz CT molecular complexity index is 618. The Morgan fingerprint density at radius 2 is 1.81 bits per heavy atom. The van der Waals surface area contributed by atoms with Crippen molar-refractivity contribution >= 4 is 30.4 Å². The van der Waals surface area contributed by atoms with Gasteiger partial charge in [-0.1, -0.05) is 78.9 Å². The lowest BCUT2D eigenvalue weighted by Gasteiger charge is -2.58. The fourth-order valence-corrected chi connectivity index (χ4v) is 9.44. The molecule has 0 aliphatic heterocycles. The highest BCUT2D eigenvalue weighted by Gasteiger charge is 2.58. The summed E-state index contributed by atoms with van der Waals surface area (Å²) < 4.78 is 5.94. The summed E-state index contributed by atoms with van der Waals surface area (Å²) in [6.45, 7) is 14.3. The molecular formula is C29H51IOS. The molecule has 4 rings (SSSR count). The van der Waals surface area contributed by atoms with E-state index in [1.54, 1.807) is 5.57 Å². The fourth-order valence-electron chi connectivity index (χ4n) is 8.29. The molecule has 0 spiro atoms. The predicted molar refractivity (Wildman–Crippen MR) is 151 cm³/mol. The van der Waals surface area contributed by atoms with Gasteiger partial charge in [0.15, 0.2) is 0 Å². The summed E-state index contributed by atoms with van der Waals surface area (Å²) in [5, 5.41) is 0. The van der Waals surface area contributed by atoms with Gasteiger partial charge in [-0.25, -0.2) is 0 Å². The number of halogens is 1. The molecule has 0 radical (unpaired) electrons. The molecule has 4 aliphatic carbocycles. The van der Waals surface area contributed by atoms with Crippen LogP contribution in [0, 0.1) is 40.4 Å². The van der Waals surface area contributed by atoms with Crippen LogP contribution in [0.25, 0.3) is 0 Å². The minimum atomic E-state index is 0.448. The zero-order chi connectivity index (χ0) is 23.4. The van der Waals surface area contributed by atoms with Gasteiger partial charge in [-0.2, -0.15) is 0 Å². The lowest BCUT2D eigenvalue weighted by atomic mass is 9.47. The third-order valence-corrected chi connectivity index (χ3v) is 11.0. The van der Waals surface area contributed by atoms with Gasteiger partial charge in [0.05, 0.1) is 15.3 Å². The van der Waals surface area contributed by atoms with Crippen LogP contribution in [0.5, 0.6) is 0 Å². The van der Waals surface area contributed by atoms with Gasteiger partial charge >= 0.3 is 0 Å². The van der Waals surface area contributed by atoms with E-state index in [1.807, 2.05) is 0 Å². The number of unbranched alkanes of at least 4 members (excludes halogenated alkanes) is 1. The average molecular weight is 575 g/mol. The summed E-state index contributed by atoms with van der Waals surface area (Å²) in [5.41, 5.74) is 2.86. The molecular weight excluding hydrogens is 523 g/mol. The first kappa shape index (κ1) is 27.4. The second-order valence-electron chi connectivity index (χ2n) is 12.5. The van der Waals surface area contributed by atoms with Crippen LogP contribution in [0.1, 0.15) is 125 Å². The third kappa shape index (κ3) is 5.77. The van der Waals surface area contributed by atoms with Crippen LogP contribution in [-0.2, 0) is 4.18 Å². The van der Waals surface area contributed by atoms with Crippen LogP contribution in [0.3, 0.4) is 0 Å². The lowest BCUT2D eigenvalue weighted by Crippen LogP contribution is -2.50. The van der Waals surface area contributed by atoms with Gasteiger partial charge in [0, 0.05) is 21.2 Å². The molecule has 4 aliphatic rings.